The summed E-state index contributed by atoms with van der Waals surface area (Å²) in [7, 11) is 0. The van der Waals surface area contributed by atoms with Crippen LogP contribution in [0.25, 0.3) is 44.5 Å². The SMILES string of the molecule is Nc1cc(N)cc(C(=O)Oc2ccc(-c3ccccc3)cc2)c1.Nc1ccc(-c2ccc(N)c(Oc3ccc(-c4ccccc4)cc3)c2)cc1Oc1ccc(-c2ccccc2)cc1. The van der Waals surface area contributed by atoms with Crippen LogP contribution >= 0.6 is 0 Å². The van der Waals surface area contributed by atoms with Gasteiger partial charge in [0, 0.05) is 11.4 Å². The molecule has 0 radical (unpaired) electrons. The van der Waals surface area contributed by atoms with Crippen molar-refractivity contribution < 1.29 is 19.0 Å². The first-order valence-corrected chi connectivity index (χ1v) is 20.2. The van der Waals surface area contributed by atoms with Gasteiger partial charge in [0.2, 0.25) is 0 Å². The summed E-state index contributed by atoms with van der Waals surface area (Å²) < 4.78 is 17.7. The normalized spacial score (nSPS) is 10.5. The lowest BCUT2D eigenvalue weighted by Crippen LogP contribution is -2.09. The van der Waals surface area contributed by atoms with Crippen LogP contribution in [0, 0.1) is 0 Å². The van der Waals surface area contributed by atoms with E-state index in [4.69, 9.17) is 37.1 Å². The number of ether oxygens (including phenoxy) is 3. The molecular weight excluding hydrogens is 781 g/mol. The summed E-state index contributed by atoms with van der Waals surface area (Å²) in [5.41, 5.74) is 34.8. The predicted molar refractivity (Wildman–Crippen MR) is 257 cm³/mol. The Kier molecular flexibility index (Phi) is 12.4. The van der Waals surface area contributed by atoms with Gasteiger partial charge in [-0.15, -0.1) is 0 Å². The molecule has 0 saturated heterocycles. The Morgan fingerprint density at radius 2 is 0.635 bits per heavy atom. The van der Waals surface area contributed by atoms with E-state index >= 15 is 0 Å². The molecule has 9 aromatic rings. The molecule has 0 amide bonds. The Bertz CT molecular complexity index is 2790. The lowest BCUT2D eigenvalue weighted by molar-refractivity contribution is 0.0735. The Morgan fingerprint density at radius 1 is 0.317 bits per heavy atom. The number of anilines is 4. The number of carbonyl (C=O) groups excluding carboxylic acids is 1. The summed E-state index contributed by atoms with van der Waals surface area (Å²) in [6.45, 7) is 0. The number of hydrogen-bond acceptors (Lipinski definition) is 8. The topological polar surface area (TPSA) is 149 Å². The van der Waals surface area contributed by atoms with Crippen LogP contribution in [0.3, 0.4) is 0 Å². The highest BCUT2D eigenvalue weighted by atomic mass is 16.5. The van der Waals surface area contributed by atoms with Gasteiger partial charge in [-0.1, -0.05) is 140 Å². The second-order valence-corrected chi connectivity index (χ2v) is 14.7. The maximum absolute atomic E-state index is 12.1. The van der Waals surface area contributed by atoms with Crippen LogP contribution in [0.2, 0.25) is 0 Å². The summed E-state index contributed by atoms with van der Waals surface area (Å²) >= 11 is 0. The fraction of sp³-hybridized carbons (Fsp3) is 0. The summed E-state index contributed by atoms with van der Waals surface area (Å²) in [6.07, 6.45) is 0. The van der Waals surface area contributed by atoms with Crippen molar-refractivity contribution in [2.45, 2.75) is 0 Å². The third-order valence-electron chi connectivity index (χ3n) is 10.1. The molecule has 0 atom stereocenters. The molecule has 0 aliphatic carbocycles. The van der Waals surface area contributed by atoms with Crippen LogP contribution < -0.4 is 37.1 Å². The molecule has 8 nitrogen and oxygen atoms in total. The first-order valence-electron chi connectivity index (χ1n) is 20.2. The van der Waals surface area contributed by atoms with Gasteiger partial charge in [0.1, 0.15) is 17.2 Å². The van der Waals surface area contributed by atoms with Gasteiger partial charge in [-0.05, 0) is 123 Å². The van der Waals surface area contributed by atoms with E-state index in [1.807, 2.05) is 164 Å². The Labute approximate surface area is 366 Å². The predicted octanol–water partition coefficient (Wildman–Crippen LogP) is 13.2. The number of benzene rings is 9. The van der Waals surface area contributed by atoms with E-state index in [0.717, 1.165) is 44.5 Å². The zero-order valence-corrected chi connectivity index (χ0v) is 34.2. The van der Waals surface area contributed by atoms with Crippen molar-refractivity contribution in [3.63, 3.8) is 0 Å². The summed E-state index contributed by atoms with van der Waals surface area (Å²) in [5.74, 6) is 2.57. The number of hydrogen-bond donors (Lipinski definition) is 4. The quantitative estimate of drug-likeness (QED) is 0.0605. The van der Waals surface area contributed by atoms with Gasteiger partial charge in [-0.2, -0.15) is 0 Å². The van der Waals surface area contributed by atoms with Gasteiger partial charge >= 0.3 is 5.97 Å². The second kappa shape index (κ2) is 19.1. The molecule has 0 aliphatic rings. The average Bonchev–Trinajstić information content (AvgIpc) is 3.32. The molecule has 0 fully saturated rings. The number of nitrogens with two attached hydrogens (primary N) is 4. The van der Waals surface area contributed by atoms with Crippen molar-refractivity contribution in [3.05, 3.63) is 224 Å². The molecule has 0 bridgehead atoms. The minimum Gasteiger partial charge on any atom is -0.455 e. The number of rotatable bonds is 10. The van der Waals surface area contributed by atoms with Gasteiger partial charge < -0.3 is 37.1 Å². The van der Waals surface area contributed by atoms with Crippen molar-refractivity contribution in [2.75, 3.05) is 22.9 Å². The van der Waals surface area contributed by atoms with E-state index in [-0.39, 0.29) is 0 Å². The van der Waals surface area contributed by atoms with E-state index in [1.165, 1.54) is 12.1 Å². The van der Waals surface area contributed by atoms with Crippen LogP contribution in [-0.4, -0.2) is 5.97 Å². The van der Waals surface area contributed by atoms with Gasteiger partial charge in [-0.25, -0.2) is 4.79 Å². The van der Waals surface area contributed by atoms with E-state index in [1.54, 1.807) is 18.2 Å². The third kappa shape index (κ3) is 10.5. The molecule has 0 heterocycles. The molecule has 0 aromatic heterocycles. The minimum atomic E-state index is -0.489. The van der Waals surface area contributed by atoms with Crippen LogP contribution in [0.5, 0.6) is 28.7 Å². The summed E-state index contributed by atoms with van der Waals surface area (Å²) in [6, 6.07) is 69.9. The minimum absolute atomic E-state index is 0.328. The molecule has 8 heteroatoms. The zero-order chi connectivity index (χ0) is 43.5. The van der Waals surface area contributed by atoms with Crippen LogP contribution in [0.1, 0.15) is 10.4 Å². The van der Waals surface area contributed by atoms with Crippen molar-refractivity contribution >= 4 is 28.7 Å². The van der Waals surface area contributed by atoms with Crippen LogP contribution in [0.15, 0.2) is 218 Å². The lowest BCUT2D eigenvalue weighted by atomic mass is 10.0. The lowest BCUT2D eigenvalue weighted by Gasteiger charge is -2.14. The monoisotopic (exact) mass is 824 g/mol. The van der Waals surface area contributed by atoms with Gasteiger partial charge in [0.25, 0.3) is 0 Å². The van der Waals surface area contributed by atoms with E-state index < -0.39 is 5.97 Å². The van der Waals surface area contributed by atoms with Crippen LogP contribution in [-0.2, 0) is 0 Å². The molecule has 63 heavy (non-hydrogen) atoms. The van der Waals surface area contributed by atoms with Crippen molar-refractivity contribution in [1.29, 1.82) is 0 Å². The molecule has 8 N–H and O–H groups in total. The molecule has 0 aliphatic heterocycles. The van der Waals surface area contributed by atoms with Crippen molar-refractivity contribution in [1.82, 2.24) is 0 Å². The molecule has 0 unspecified atom stereocenters. The zero-order valence-electron chi connectivity index (χ0n) is 34.2. The highest BCUT2D eigenvalue weighted by Crippen LogP contribution is 2.37. The first-order chi connectivity index (χ1) is 30.7. The third-order valence-corrected chi connectivity index (χ3v) is 10.1. The fourth-order valence-electron chi connectivity index (χ4n) is 6.86. The summed E-state index contributed by atoms with van der Waals surface area (Å²) in [5, 5.41) is 0. The second-order valence-electron chi connectivity index (χ2n) is 14.7. The van der Waals surface area contributed by atoms with Gasteiger partial charge in [0.05, 0.1) is 16.9 Å². The smallest absolute Gasteiger partial charge is 0.343 e. The van der Waals surface area contributed by atoms with Gasteiger partial charge in [0.15, 0.2) is 11.5 Å². The molecule has 0 saturated carbocycles. The Morgan fingerprint density at radius 3 is 1.00 bits per heavy atom. The Hall–Kier alpha value is -8.75. The van der Waals surface area contributed by atoms with E-state index in [0.29, 0.717) is 57.1 Å². The molecule has 9 rings (SSSR count). The van der Waals surface area contributed by atoms with E-state index in [2.05, 4.69) is 24.3 Å². The maximum Gasteiger partial charge on any atom is 0.343 e. The number of esters is 1. The number of nitrogen functional groups attached to an aromatic ring is 4. The molecule has 9 aromatic carbocycles. The highest BCUT2D eigenvalue weighted by Gasteiger charge is 2.12. The number of carbonyl (C=O) groups is 1. The molecular formula is C55H44N4O4. The fourth-order valence-corrected chi connectivity index (χ4v) is 6.86. The maximum atomic E-state index is 12.1. The largest absolute Gasteiger partial charge is 0.455 e. The van der Waals surface area contributed by atoms with Crippen molar-refractivity contribution in [3.8, 4) is 73.3 Å². The highest BCUT2D eigenvalue weighted by molar-refractivity contribution is 5.93. The van der Waals surface area contributed by atoms with Gasteiger partial charge in [-0.3, -0.25) is 0 Å². The van der Waals surface area contributed by atoms with Crippen LogP contribution in [0.4, 0.5) is 22.7 Å². The molecule has 308 valence electrons. The van der Waals surface area contributed by atoms with Crippen molar-refractivity contribution in [2.24, 2.45) is 0 Å². The Balaban J connectivity index is 0.000000201. The summed E-state index contributed by atoms with van der Waals surface area (Å²) in [4.78, 5) is 12.1. The van der Waals surface area contributed by atoms with E-state index in [9.17, 15) is 4.79 Å². The molecule has 0 spiro atoms. The standard InChI is InChI=1S/C36H28N2O2.C19H16N2O2/c37-33-21-15-29(23-35(33)39-31-17-11-27(12-18-31)25-7-3-1-4-8-25)30-16-22-34(38)36(24-30)40-32-19-13-28(14-20-32)26-9-5-2-6-10-26;20-16-10-15(11-17(21)12-16)19(22)23-18-8-6-14(7-9-18)13-4-2-1-3-5-13/h1-24H,37-38H2;1-12H,20-21H2. The average molecular weight is 825 g/mol. The first kappa shape index (κ1) is 41.0.